The molecule has 0 saturated heterocycles. The number of nitrogens with one attached hydrogen (secondary N) is 2. The van der Waals surface area contributed by atoms with Crippen molar-refractivity contribution in [3.63, 3.8) is 0 Å². The van der Waals surface area contributed by atoms with Crippen LogP contribution in [-0.2, 0) is 16.0 Å². The highest BCUT2D eigenvalue weighted by Gasteiger charge is 2.14. The average molecular weight is 470 g/mol. The normalized spacial score (nSPS) is 10.6. The van der Waals surface area contributed by atoms with Crippen LogP contribution in [0.5, 0.6) is 11.5 Å². The van der Waals surface area contributed by atoms with Crippen LogP contribution in [0.15, 0.2) is 72.8 Å². The minimum Gasteiger partial charge on any atom is -0.493 e. The highest BCUT2D eigenvalue weighted by atomic mass is 16.5. The van der Waals surface area contributed by atoms with Gasteiger partial charge in [0.15, 0.2) is 18.1 Å². The number of methoxy groups -OCH3 is 1. The topological polar surface area (TPSA) is 89.5 Å². The molecule has 2 amide bonds. The van der Waals surface area contributed by atoms with Gasteiger partial charge < -0.3 is 20.1 Å². The molecule has 0 aliphatic heterocycles. The molecule has 1 aromatic heterocycles. The van der Waals surface area contributed by atoms with E-state index in [0.29, 0.717) is 22.9 Å². The smallest absolute Gasteiger partial charge is 0.262 e. The summed E-state index contributed by atoms with van der Waals surface area (Å²) in [6, 6.07) is 22.0. The second kappa shape index (κ2) is 10.7. The minimum absolute atomic E-state index is 0.156. The fraction of sp³-hybridized carbons (Fsp3) is 0.179. The summed E-state index contributed by atoms with van der Waals surface area (Å²) >= 11 is 0. The molecule has 0 bridgehead atoms. The molecule has 0 unspecified atom stereocenters. The van der Waals surface area contributed by atoms with Gasteiger partial charge in [-0.3, -0.25) is 14.6 Å². The lowest BCUT2D eigenvalue weighted by Gasteiger charge is -2.13. The number of benzene rings is 3. The van der Waals surface area contributed by atoms with Gasteiger partial charge in [-0.1, -0.05) is 36.4 Å². The number of carbonyl (C=O) groups excluding carboxylic acids is 2. The van der Waals surface area contributed by atoms with Crippen molar-refractivity contribution in [3.8, 4) is 11.5 Å². The number of pyridine rings is 1. The lowest BCUT2D eigenvalue weighted by Crippen LogP contribution is -2.20. The zero-order valence-electron chi connectivity index (χ0n) is 19.9. The molecule has 4 rings (SSSR count). The van der Waals surface area contributed by atoms with E-state index < -0.39 is 0 Å². The quantitative estimate of drug-likeness (QED) is 0.377. The van der Waals surface area contributed by atoms with Crippen LogP contribution in [0.2, 0.25) is 0 Å². The highest BCUT2D eigenvalue weighted by Crippen LogP contribution is 2.26. The fourth-order valence-corrected chi connectivity index (χ4v) is 3.95. The number of fused-ring (bicyclic) bond motifs is 1. The number of ether oxygens (including phenoxy) is 2. The van der Waals surface area contributed by atoms with Crippen LogP contribution in [0.4, 0.5) is 11.4 Å². The van der Waals surface area contributed by atoms with Crippen molar-refractivity contribution < 1.29 is 19.1 Å². The van der Waals surface area contributed by atoms with Gasteiger partial charge in [-0.05, 0) is 61.4 Å². The van der Waals surface area contributed by atoms with Gasteiger partial charge in [0, 0.05) is 22.5 Å². The van der Waals surface area contributed by atoms with E-state index in [9.17, 15) is 9.59 Å². The van der Waals surface area contributed by atoms with Crippen molar-refractivity contribution in [1.29, 1.82) is 0 Å². The van der Waals surface area contributed by atoms with Crippen LogP contribution in [0.1, 0.15) is 16.8 Å². The lowest BCUT2D eigenvalue weighted by atomic mass is 9.99. The Hall–Kier alpha value is -4.39. The molecule has 0 spiro atoms. The molecule has 7 nitrogen and oxygen atoms in total. The summed E-state index contributed by atoms with van der Waals surface area (Å²) in [6.07, 6.45) is 0.207. The molecule has 1 heterocycles. The fourth-order valence-electron chi connectivity index (χ4n) is 3.95. The summed E-state index contributed by atoms with van der Waals surface area (Å²) in [5.74, 6) is 0.557. The zero-order chi connectivity index (χ0) is 24.8. The first kappa shape index (κ1) is 23.8. The first-order valence-corrected chi connectivity index (χ1v) is 11.2. The van der Waals surface area contributed by atoms with E-state index >= 15 is 0 Å². The van der Waals surface area contributed by atoms with Gasteiger partial charge in [-0.2, -0.15) is 0 Å². The molecule has 3 aromatic carbocycles. The average Bonchev–Trinajstić information content (AvgIpc) is 2.85. The first-order valence-electron chi connectivity index (χ1n) is 11.2. The summed E-state index contributed by atoms with van der Waals surface area (Å²) in [6.45, 7) is 3.76. The third-order valence-corrected chi connectivity index (χ3v) is 5.68. The summed E-state index contributed by atoms with van der Waals surface area (Å²) in [4.78, 5) is 29.8. The number of hydrogen-bond donors (Lipinski definition) is 2. The molecule has 0 aliphatic carbocycles. The predicted octanol–water partition coefficient (Wildman–Crippen LogP) is 5.06. The van der Waals surface area contributed by atoms with Crippen molar-refractivity contribution in [2.45, 2.75) is 20.3 Å². The summed E-state index contributed by atoms with van der Waals surface area (Å²) in [7, 11) is 1.54. The SMILES string of the molecule is COc1ccccc1OCC(=O)Nc1cccc(NC(=O)Cc2c(C)nc3ccccc3c2C)c1. The van der Waals surface area contributed by atoms with Crippen LogP contribution < -0.4 is 20.1 Å². The number of para-hydroxylation sites is 3. The molecule has 2 N–H and O–H groups in total. The summed E-state index contributed by atoms with van der Waals surface area (Å²) in [5.41, 5.74) is 4.87. The number of aryl methyl sites for hydroxylation is 2. The van der Waals surface area contributed by atoms with Gasteiger partial charge in [0.2, 0.25) is 5.91 Å². The van der Waals surface area contributed by atoms with Crippen LogP contribution >= 0.6 is 0 Å². The molecule has 4 aromatic rings. The van der Waals surface area contributed by atoms with Gasteiger partial charge in [0.1, 0.15) is 0 Å². The minimum atomic E-state index is -0.326. The number of aromatic nitrogens is 1. The van der Waals surface area contributed by atoms with Crippen LogP contribution in [-0.4, -0.2) is 30.5 Å². The Balaban J connectivity index is 1.38. The van der Waals surface area contributed by atoms with Crippen molar-refractivity contribution in [2.24, 2.45) is 0 Å². The largest absolute Gasteiger partial charge is 0.493 e. The molecule has 0 fully saturated rings. The molecule has 0 saturated carbocycles. The number of amides is 2. The van der Waals surface area contributed by atoms with E-state index in [2.05, 4.69) is 15.6 Å². The summed E-state index contributed by atoms with van der Waals surface area (Å²) < 4.78 is 10.8. The van der Waals surface area contributed by atoms with E-state index in [1.165, 1.54) is 0 Å². The van der Waals surface area contributed by atoms with E-state index in [-0.39, 0.29) is 24.8 Å². The Labute approximate surface area is 204 Å². The van der Waals surface area contributed by atoms with Crippen molar-refractivity contribution in [3.05, 3.63) is 89.6 Å². The number of rotatable bonds is 8. The molecule has 7 heteroatoms. The molecule has 178 valence electrons. The zero-order valence-corrected chi connectivity index (χ0v) is 19.9. The maximum atomic E-state index is 12.8. The standard InChI is InChI=1S/C28H27N3O4/c1-18-22-11-4-5-12-24(22)29-19(2)23(18)16-27(32)30-20-9-8-10-21(15-20)31-28(33)17-35-26-14-7-6-13-25(26)34-3/h4-15H,16-17H2,1-3H3,(H,30,32)(H,31,33). The van der Waals surface area contributed by atoms with Gasteiger partial charge in [-0.15, -0.1) is 0 Å². The van der Waals surface area contributed by atoms with Crippen LogP contribution in [0.25, 0.3) is 10.9 Å². The third kappa shape index (κ3) is 5.76. The van der Waals surface area contributed by atoms with Crippen molar-refractivity contribution in [2.75, 3.05) is 24.4 Å². The molecular weight excluding hydrogens is 442 g/mol. The molecule has 35 heavy (non-hydrogen) atoms. The third-order valence-electron chi connectivity index (χ3n) is 5.68. The predicted molar refractivity (Wildman–Crippen MR) is 137 cm³/mol. The molecule has 0 radical (unpaired) electrons. The van der Waals surface area contributed by atoms with Gasteiger partial charge in [0.25, 0.3) is 5.91 Å². The van der Waals surface area contributed by atoms with Gasteiger partial charge in [0.05, 0.1) is 19.0 Å². The van der Waals surface area contributed by atoms with Crippen molar-refractivity contribution >= 4 is 34.1 Å². The van der Waals surface area contributed by atoms with Gasteiger partial charge >= 0.3 is 0 Å². The number of nitrogens with zero attached hydrogens (tertiary/aromatic N) is 1. The lowest BCUT2D eigenvalue weighted by molar-refractivity contribution is -0.118. The number of anilines is 2. The Morgan fingerprint density at radius 1 is 0.829 bits per heavy atom. The number of hydrogen-bond acceptors (Lipinski definition) is 5. The van der Waals surface area contributed by atoms with E-state index in [0.717, 1.165) is 27.7 Å². The monoisotopic (exact) mass is 469 g/mol. The maximum absolute atomic E-state index is 12.8. The van der Waals surface area contributed by atoms with Crippen LogP contribution in [0, 0.1) is 13.8 Å². The second-order valence-electron chi connectivity index (χ2n) is 8.11. The maximum Gasteiger partial charge on any atom is 0.262 e. The number of carbonyl (C=O) groups is 2. The molecule has 0 aliphatic rings. The summed E-state index contributed by atoms with van der Waals surface area (Å²) in [5, 5.41) is 6.74. The van der Waals surface area contributed by atoms with E-state index in [4.69, 9.17) is 9.47 Å². The highest BCUT2D eigenvalue weighted by molar-refractivity contribution is 5.96. The van der Waals surface area contributed by atoms with Crippen LogP contribution in [0.3, 0.4) is 0 Å². The Morgan fingerprint density at radius 2 is 1.49 bits per heavy atom. The van der Waals surface area contributed by atoms with Crippen molar-refractivity contribution in [1.82, 2.24) is 4.98 Å². The first-order chi connectivity index (χ1) is 16.9. The molecule has 0 atom stereocenters. The van der Waals surface area contributed by atoms with Gasteiger partial charge in [-0.25, -0.2) is 0 Å². The van der Waals surface area contributed by atoms with E-state index in [1.807, 2.05) is 44.2 Å². The Morgan fingerprint density at radius 3 is 2.23 bits per heavy atom. The Kier molecular flexibility index (Phi) is 7.26. The Bertz CT molecular complexity index is 1380. The van der Waals surface area contributed by atoms with E-state index in [1.54, 1.807) is 49.6 Å². The second-order valence-corrected chi connectivity index (χ2v) is 8.11. The molecular formula is C28H27N3O4.